The Balaban J connectivity index is 1.88. The van der Waals surface area contributed by atoms with Crippen LogP contribution in [0.3, 0.4) is 0 Å². The largest absolute Gasteiger partial charge is 0.508 e. The molecule has 2 aliphatic heterocycles. The molecule has 1 fully saturated rings. The number of rotatable bonds is 3. The van der Waals surface area contributed by atoms with Gasteiger partial charge in [0.15, 0.2) is 6.61 Å². The van der Waals surface area contributed by atoms with E-state index in [2.05, 4.69) is 5.16 Å². The van der Waals surface area contributed by atoms with Crippen LogP contribution in [0.5, 0.6) is 11.5 Å². The fourth-order valence-corrected chi connectivity index (χ4v) is 4.12. The number of carbonyl (C=O) groups is 2. The van der Waals surface area contributed by atoms with Gasteiger partial charge in [-0.2, -0.15) is 0 Å². The molecular weight excluding hydrogens is 436 g/mol. The Morgan fingerprint density at radius 2 is 1.97 bits per heavy atom. The number of piperidine rings is 1. The van der Waals surface area contributed by atoms with E-state index in [0.717, 1.165) is 56.8 Å². The summed E-state index contributed by atoms with van der Waals surface area (Å²) in [4.78, 5) is 32.5. The number of esters is 1. The predicted octanol–water partition coefficient (Wildman–Crippen LogP) is 4.26. The molecule has 2 N–H and O–H groups in total. The van der Waals surface area contributed by atoms with Crippen molar-refractivity contribution in [3.8, 4) is 11.5 Å². The first-order valence-corrected chi connectivity index (χ1v) is 11.9. The molecular formula is C26H34N2O6. The van der Waals surface area contributed by atoms with Gasteiger partial charge in [0.25, 0.3) is 5.91 Å². The van der Waals surface area contributed by atoms with Gasteiger partial charge in [-0.05, 0) is 63.7 Å². The van der Waals surface area contributed by atoms with E-state index >= 15 is 0 Å². The van der Waals surface area contributed by atoms with Crippen molar-refractivity contribution in [3.63, 3.8) is 0 Å². The van der Waals surface area contributed by atoms with Crippen LogP contribution < -0.4 is 0 Å². The molecule has 2 heterocycles. The lowest BCUT2D eigenvalue weighted by Crippen LogP contribution is -2.37. The number of phenols is 2. The minimum absolute atomic E-state index is 0.0196. The number of aromatic hydroxyl groups is 2. The number of ether oxygens (including phenoxy) is 1. The fraction of sp³-hybridized carbons (Fsp3) is 0.500. The van der Waals surface area contributed by atoms with Gasteiger partial charge in [0.2, 0.25) is 0 Å². The number of hydrogen-bond donors (Lipinski definition) is 2. The SMILES string of the molecule is C/C1=C\C(=N\OCC(=O)N2CCCCC2)Cc2cc(O)cc(O)c2C(=O)O[C@H](C)C/C=C/CC1. The maximum atomic E-state index is 12.8. The van der Waals surface area contributed by atoms with Crippen molar-refractivity contribution in [2.24, 2.45) is 5.16 Å². The molecule has 1 atom stereocenters. The summed E-state index contributed by atoms with van der Waals surface area (Å²) in [5, 5.41) is 24.7. The first-order chi connectivity index (χ1) is 16.3. The fourth-order valence-electron chi connectivity index (χ4n) is 4.12. The van der Waals surface area contributed by atoms with Crippen LogP contribution >= 0.6 is 0 Å². The van der Waals surface area contributed by atoms with Crippen LogP contribution in [-0.2, 0) is 20.8 Å². The number of allylic oxidation sites excluding steroid dienone is 3. The molecule has 1 aromatic carbocycles. The number of carbonyl (C=O) groups excluding carboxylic acids is 2. The molecule has 0 aromatic heterocycles. The molecule has 3 rings (SSSR count). The van der Waals surface area contributed by atoms with Crippen LogP contribution in [0.1, 0.15) is 68.3 Å². The van der Waals surface area contributed by atoms with Gasteiger partial charge in [-0.15, -0.1) is 0 Å². The lowest BCUT2D eigenvalue weighted by atomic mass is 9.98. The van der Waals surface area contributed by atoms with E-state index in [0.29, 0.717) is 17.7 Å². The van der Waals surface area contributed by atoms with Crippen LogP contribution in [0, 0.1) is 0 Å². The highest BCUT2D eigenvalue weighted by Gasteiger charge is 2.23. The zero-order valence-electron chi connectivity index (χ0n) is 20.0. The van der Waals surface area contributed by atoms with E-state index in [4.69, 9.17) is 9.57 Å². The van der Waals surface area contributed by atoms with Crippen LogP contribution in [0.25, 0.3) is 0 Å². The van der Waals surface area contributed by atoms with Gasteiger partial charge in [0.1, 0.15) is 23.2 Å². The van der Waals surface area contributed by atoms with E-state index in [1.165, 1.54) is 6.07 Å². The number of cyclic esters (lactones) is 1. The molecule has 0 bridgehead atoms. The molecule has 0 aliphatic carbocycles. The van der Waals surface area contributed by atoms with Gasteiger partial charge in [0, 0.05) is 32.0 Å². The average molecular weight is 471 g/mol. The number of fused-ring (bicyclic) bond motifs is 1. The zero-order valence-corrected chi connectivity index (χ0v) is 20.0. The van der Waals surface area contributed by atoms with Crippen molar-refractivity contribution in [2.75, 3.05) is 19.7 Å². The number of phenolic OH excluding ortho intramolecular Hbond substituents is 2. The molecule has 1 aromatic rings. The van der Waals surface area contributed by atoms with Crippen LogP contribution in [-0.4, -0.2) is 58.5 Å². The van der Waals surface area contributed by atoms with Crippen molar-refractivity contribution in [1.29, 1.82) is 0 Å². The van der Waals surface area contributed by atoms with Gasteiger partial charge in [-0.3, -0.25) is 4.79 Å². The van der Waals surface area contributed by atoms with E-state index in [-0.39, 0.29) is 42.1 Å². The van der Waals surface area contributed by atoms with Crippen molar-refractivity contribution < 1.29 is 29.4 Å². The highest BCUT2D eigenvalue weighted by atomic mass is 16.6. The number of amides is 1. The highest BCUT2D eigenvalue weighted by Crippen LogP contribution is 2.29. The smallest absolute Gasteiger partial charge is 0.342 e. The third-order valence-corrected chi connectivity index (χ3v) is 5.90. The Morgan fingerprint density at radius 3 is 2.74 bits per heavy atom. The summed E-state index contributed by atoms with van der Waals surface area (Å²) in [6, 6.07) is 2.52. The Bertz CT molecular complexity index is 976. The second-order valence-electron chi connectivity index (χ2n) is 8.93. The van der Waals surface area contributed by atoms with E-state index in [1.54, 1.807) is 11.8 Å². The molecule has 1 saturated heterocycles. The van der Waals surface area contributed by atoms with Crippen molar-refractivity contribution in [1.82, 2.24) is 4.90 Å². The summed E-state index contributed by atoms with van der Waals surface area (Å²) in [7, 11) is 0. The van der Waals surface area contributed by atoms with Crippen molar-refractivity contribution in [3.05, 3.63) is 47.1 Å². The van der Waals surface area contributed by atoms with Crippen LogP contribution in [0.15, 0.2) is 41.1 Å². The van der Waals surface area contributed by atoms with Gasteiger partial charge in [-0.1, -0.05) is 22.9 Å². The summed E-state index contributed by atoms with van der Waals surface area (Å²) in [6.45, 7) is 5.06. The highest BCUT2D eigenvalue weighted by molar-refractivity contribution is 6.01. The third kappa shape index (κ3) is 7.37. The Labute approximate surface area is 200 Å². The van der Waals surface area contributed by atoms with E-state index in [1.807, 2.05) is 25.2 Å². The number of nitrogens with zero attached hydrogens (tertiary/aromatic N) is 2. The first kappa shape index (κ1) is 25.3. The summed E-state index contributed by atoms with van der Waals surface area (Å²) in [5.41, 5.74) is 1.86. The first-order valence-electron chi connectivity index (χ1n) is 11.9. The Kier molecular flexibility index (Phi) is 9.13. The normalized spacial score (nSPS) is 23.8. The number of benzene rings is 1. The van der Waals surface area contributed by atoms with Gasteiger partial charge in [0.05, 0.1) is 5.71 Å². The number of oxime groups is 1. The van der Waals surface area contributed by atoms with Gasteiger partial charge in [-0.25, -0.2) is 4.79 Å². The Morgan fingerprint density at radius 1 is 1.21 bits per heavy atom. The summed E-state index contributed by atoms with van der Waals surface area (Å²) in [6.07, 6.45) is 10.9. The lowest BCUT2D eigenvalue weighted by molar-refractivity contribution is -0.137. The standard InChI is InChI=1S/C26H34N2O6/c1-18-9-5-3-6-10-19(2)34-26(32)25-20(15-22(29)16-23(25)30)14-21(13-18)27-33-17-24(31)28-11-7-4-8-12-28/h3,6,13,15-16,19,29-30H,4-5,7-12,14,17H2,1-2H3/b6-3+,18-13+,27-21-/t19-/m1/s1. The summed E-state index contributed by atoms with van der Waals surface area (Å²) in [5.74, 6) is -1.32. The van der Waals surface area contributed by atoms with Crippen LogP contribution in [0.4, 0.5) is 0 Å². The molecule has 1 amide bonds. The maximum absolute atomic E-state index is 12.8. The lowest BCUT2D eigenvalue weighted by Gasteiger charge is -2.26. The second kappa shape index (κ2) is 12.3. The molecule has 8 nitrogen and oxygen atoms in total. The Hall–Kier alpha value is -3.29. The minimum atomic E-state index is -0.674. The predicted molar refractivity (Wildman–Crippen MR) is 129 cm³/mol. The quantitative estimate of drug-likeness (QED) is 0.388. The van der Waals surface area contributed by atoms with Gasteiger partial charge < -0.3 is 24.7 Å². The van der Waals surface area contributed by atoms with Crippen molar-refractivity contribution >= 4 is 17.6 Å². The molecule has 184 valence electrons. The third-order valence-electron chi connectivity index (χ3n) is 5.90. The molecule has 8 heteroatoms. The summed E-state index contributed by atoms with van der Waals surface area (Å²) < 4.78 is 5.51. The van der Waals surface area contributed by atoms with E-state index in [9.17, 15) is 19.8 Å². The second-order valence-corrected chi connectivity index (χ2v) is 8.93. The molecule has 0 unspecified atom stereocenters. The molecule has 2 aliphatic rings. The summed E-state index contributed by atoms with van der Waals surface area (Å²) >= 11 is 0. The monoisotopic (exact) mass is 470 g/mol. The van der Waals surface area contributed by atoms with Crippen LogP contribution in [0.2, 0.25) is 0 Å². The zero-order chi connectivity index (χ0) is 24.5. The maximum Gasteiger partial charge on any atom is 0.342 e. The molecule has 34 heavy (non-hydrogen) atoms. The molecule has 0 saturated carbocycles. The van der Waals surface area contributed by atoms with Crippen molar-refractivity contribution in [2.45, 2.75) is 64.9 Å². The van der Waals surface area contributed by atoms with E-state index < -0.39 is 5.97 Å². The minimum Gasteiger partial charge on any atom is -0.508 e. The topological polar surface area (TPSA) is 109 Å². The molecule has 0 radical (unpaired) electrons. The number of hydrogen-bond acceptors (Lipinski definition) is 7. The molecule has 0 spiro atoms. The number of likely N-dealkylation sites (tertiary alicyclic amines) is 1. The van der Waals surface area contributed by atoms with Gasteiger partial charge >= 0.3 is 5.97 Å². The average Bonchev–Trinajstić information content (AvgIpc) is 2.78.